The van der Waals surface area contributed by atoms with E-state index in [1.807, 2.05) is 0 Å². The molecule has 0 aromatic heterocycles. The van der Waals surface area contributed by atoms with Gasteiger partial charge in [-0.15, -0.1) is 0 Å². The Kier molecular flexibility index (Phi) is 6.51. The van der Waals surface area contributed by atoms with Gasteiger partial charge in [0.15, 0.2) is 0 Å². The summed E-state index contributed by atoms with van der Waals surface area (Å²) < 4.78 is 0. The Morgan fingerprint density at radius 3 is 1.06 bits per heavy atom. The quantitative estimate of drug-likeness (QED) is 0.401. The van der Waals surface area contributed by atoms with Crippen LogP contribution in [0.1, 0.15) is 102 Å². The van der Waals surface area contributed by atoms with Crippen LogP contribution >= 0.6 is 0 Å². The molecule has 2 atom stereocenters. The molecular formula is C31H40. The number of hydrogen-bond acceptors (Lipinski definition) is 0. The maximum atomic E-state index is 2.43. The largest absolute Gasteiger partial charge is 0.0564 e. The molecule has 0 spiro atoms. The normalized spacial score (nSPS) is 13.9. The van der Waals surface area contributed by atoms with Crippen LogP contribution in [0.2, 0.25) is 0 Å². The molecule has 0 fully saturated rings. The van der Waals surface area contributed by atoms with E-state index in [0.717, 1.165) is 0 Å². The molecule has 0 nitrogen and oxygen atoms in total. The van der Waals surface area contributed by atoms with Gasteiger partial charge < -0.3 is 0 Å². The summed E-state index contributed by atoms with van der Waals surface area (Å²) in [7, 11) is 0. The molecule has 0 amide bonds. The molecule has 0 aliphatic heterocycles. The monoisotopic (exact) mass is 412 g/mol. The van der Waals surface area contributed by atoms with E-state index in [1.165, 1.54) is 55.6 Å². The minimum absolute atomic E-state index is 0.0681. The highest BCUT2D eigenvalue weighted by molar-refractivity contribution is 5.52. The van der Waals surface area contributed by atoms with Crippen molar-refractivity contribution in [3.63, 3.8) is 0 Å². The molecule has 0 unspecified atom stereocenters. The molecule has 31 heavy (non-hydrogen) atoms. The minimum atomic E-state index is 0.0681. The second-order valence-corrected chi connectivity index (χ2v) is 10.9. The topological polar surface area (TPSA) is 0 Å². The summed E-state index contributed by atoms with van der Waals surface area (Å²) in [6.07, 6.45) is 0. The van der Waals surface area contributed by atoms with Gasteiger partial charge >= 0.3 is 0 Å². The molecule has 0 radical (unpaired) electrons. The Hall–Kier alpha value is -2.34. The number of hydrogen-bond donors (Lipinski definition) is 0. The molecule has 0 heterocycles. The van der Waals surface area contributed by atoms with Crippen molar-refractivity contribution in [2.75, 3.05) is 0 Å². The van der Waals surface area contributed by atoms with Gasteiger partial charge in [0.1, 0.15) is 0 Å². The maximum Gasteiger partial charge on any atom is 0.00643 e. The standard InChI is InChI=1S/C31H40/c1-19-11-20(2)14-26(13-19)24(6)28-17-23(5)18-29(30(28)31(8,9)10)25(7)27-15-21(3)12-22(4)16-27/h11-18,24-25H,1-10H3/t24-,25-/m1/s1. The second-order valence-electron chi connectivity index (χ2n) is 10.9. The molecule has 0 bridgehead atoms. The van der Waals surface area contributed by atoms with E-state index in [-0.39, 0.29) is 5.41 Å². The van der Waals surface area contributed by atoms with Crippen molar-refractivity contribution in [1.82, 2.24) is 0 Å². The third-order valence-corrected chi connectivity index (χ3v) is 6.51. The third-order valence-electron chi connectivity index (χ3n) is 6.51. The third kappa shape index (κ3) is 5.12. The predicted octanol–water partition coefficient (Wildman–Crippen LogP) is 8.83. The first kappa shape index (κ1) is 23.3. The molecule has 3 aromatic carbocycles. The van der Waals surface area contributed by atoms with Crippen molar-refractivity contribution >= 4 is 0 Å². The van der Waals surface area contributed by atoms with Crippen molar-refractivity contribution < 1.29 is 0 Å². The molecule has 0 saturated carbocycles. The highest BCUT2D eigenvalue weighted by atomic mass is 14.3. The van der Waals surface area contributed by atoms with Crippen LogP contribution in [0.3, 0.4) is 0 Å². The fourth-order valence-electron chi connectivity index (χ4n) is 5.27. The Bertz CT molecular complexity index is 973. The van der Waals surface area contributed by atoms with E-state index in [1.54, 1.807) is 0 Å². The first-order valence-corrected chi connectivity index (χ1v) is 11.7. The highest BCUT2D eigenvalue weighted by Crippen LogP contribution is 2.41. The van der Waals surface area contributed by atoms with E-state index in [9.17, 15) is 0 Å². The molecule has 0 heteroatoms. The van der Waals surface area contributed by atoms with Gasteiger partial charge in [-0.25, -0.2) is 0 Å². The van der Waals surface area contributed by atoms with E-state index in [2.05, 4.69) is 118 Å². The summed E-state index contributed by atoms with van der Waals surface area (Å²) in [6, 6.07) is 18.8. The van der Waals surface area contributed by atoms with E-state index < -0.39 is 0 Å². The average Bonchev–Trinajstić information content (AvgIpc) is 2.63. The molecule has 0 N–H and O–H groups in total. The Morgan fingerprint density at radius 2 is 0.774 bits per heavy atom. The second kappa shape index (κ2) is 8.65. The Labute approximate surface area is 190 Å². The fraction of sp³-hybridized carbons (Fsp3) is 0.419. The average molecular weight is 413 g/mol. The lowest BCUT2D eigenvalue weighted by atomic mass is 9.72. The zero-order chi connectivity index (χ0) is 23.1. The van der Waals surface area contributed by atoms with Crippen molar-refractivity contribution in [3.05, 3.63) is 104 Å². The van der Waals surface area contributed by atoms with Crippen molar-refractivity contribution in [1.29, 1.82) is 0 Å². The van der Waals surface area contributed by atoms with Crippen LogP contribution in [-0.4, -0.2) is 0 Å². The number of benzene rings is 3. The van der Waals surface area contributed by atoms with Crippen LogP contribution in [0, 0.1) is 34.6 Å². The maximum absolute atomic E-state index is 2.43. The van der Waals surface area contributed by atoms with Crippen LogP contribution in [0.5, 0.6) is 0 Å². The lowest BCUT2D eigenvalue weighted by Crippen LogP contribution is -2.21. The number of rotatable bonds is 4. The van der Waals surface area contributed by atoms with Crippen LogP contribution in [0.15, 0.2) is 48.5 Å². The van der Waals surface area contributed by atoms with E-state index in [0.29, 0.717) is 11.8 Å². The Morgan fingerprint density at radius 1 is 0.484 bits per heavy atom. The van der Waals surface area contributed by atoms with E-state index >= 15 is 0 Å². The summed E-state index contributed by atoms with van der Waals surface area (Å²) in [5.74, 6) is 0.718. The molecule has 0 aliphatic carbocycles. The molecule has 3 rings (SSSR count). The summed E-state index contributed by atoms with van der Waals surface area (Å²) in [5, 5.41) is 0. The summed E-state index contributed by atoms with van der Waals surface area (Å²) in [6.45, 7) is 22.9. The smallest absolute Gasteiger partial charge is 0.00643 e. The van der Waals surface area contributed by atoms with Gasteiger partial charge in [-0.1, -0.05) is 111 Å². The molecule has 164 valence electrons. The van der Waals surface area contributed by atoms with Gasteiger partial charge in [-0.05, 0) is 67.9 Å². The first-order valence-electron chi connectivity index (χ1n) is 11.7. The van der Waals surface area contributed by atoms with Gasteiger partial charge in [-0.2, -0.15) is 0 Å². The van der Waals surface area contributed by atoms with Crippen molar-refractivity contribution in [3.8, 4) is 0 Å². The summed E-state index contributed by atoms with van der Waals surface area (Å²) in [5.41, 5.74) is 14.1. The predicted molar refractivity (Wildman–Crippen MR) is 137 cm³/mol. The molecule has 0 saturated heterocycles. The lowest BCUT2D eigenvalue weighted by Gasteiger charge is -2.32. The van der Waals surface area contributed by atoms with Crippen LogP contribution in [-0.2, 0) is 5.41 Å². The fourth-order valence-corrected chi connectivity index (χ4v) is 5.27. The SMILES string of the molecule is Cc1cc(C)cc([C@@H](C)c2cc(C)cc([C@H](C)c3cc(C)cc(C)c3)c2C(C)(C)C)c1. The minimum Gasteiger partial charge on any atom is -0.0564 e. The Balaban J connectivity index is 2.25. The van der Waals surface area contributed by atoms with Gasteiger partial charge in [0.2, 0.25) is 0 Å². The van der Waals surface area contributed by atoms with Crippen LogP contribution in [0.25, 0.3) is 0 Å². The highest BCUT2D eigenvalue weighted by Gasteiger charge is 2.28. The number of aryl methyl sites for hydroxylation is 5. The zero-order valence-corrected chi connectivity index (χ0v) is 21.3. The van der Waals surface area contributed by atoms with Crippen molar-refractivity contribution in [2.45, 2.75) is 86.5 Å². The first-order chi connectivity index (χ1) is 14.4. The van der Waals surface area contributed by atoms with Gasteiger partial charge in [0.05, 0.1) is 0 Å². The molecule has 0 aliphatic rings. The van der Waals surface area contributed by atoms with Gasteiger partial charge in [0.25, 0.3) is 0 Å². The summed E-state index contributed by atoms with van der Waals surface area (Å²) in [4.78, 5) is 0. The van der Waals surface area contributed by atoms with E-state index in [4.69, 9.17) is 0 Å². The molecule has 3 aromatic rings. The van der Waals surface area contributed by atoms with Crippen LogP contribution in [0.4, 0.5) is 0 Å². The summed E-state index contributed by atoms with van der Waals surface area (Å²) >= 11 is 0. The lowest BCUT2D eigenvalue weighted by molar-refractivity contribution is 0.567. The zero-order valence-electron chi connectivity index (χ0n) is 21.3. The molecular weight excluding hydrogens is 372 g/mol. The van der Waals surface area contributed by atoms with Gasteiger partial charge in [-0.3, -0.25) is 0 Å². The van der Waals surface area contributed by atoms with Crippen LogP contribution < -0.4 is 0 Å². The van der Waals surface area contributed by atoms with Crippen molar-refractivity contribution in [2.24, 2.45) is 0 Å². The van der Waals surface area contributed by atoms with Gasteiger partial charge in [0, 0.05) is 11.8 Å².